The van der Waals surface area contributed by atoms with E-state index in [-0.39, 0.29) is 0 Å². The van der Waals surface area contributed by atoms with E-state index in [0.717, 1.165) is 17.1 Å². The molecular formula is C11H16N2O. The molecule has 0 radical (unpaired) electrons. The molecule has 3 N–H and O–H groups in total. The third-order valence-electron chi connectivity index (χ3n) is 2.72. The number of ether oxygens (including phenoxy) is 1. The molecule has 3 nitrogen and oxygen atoms in total. The van der Waals surface area contributed by atoms with Gasteiger partial charge in [-0.3, -0.25) is 0 Å². The fourth-order valence-corrected chi connectivity index (χ4v) is 1.57. The second kappa shape index (κ2) is 3.78. The Morgan fingerprint density at radius 2 is 2.21 bits per heavy atom. The SMILES string of the molecule is COc1ccc(NC2CCC2)c(N)c1. The van der Waals surface area contributed by atoms with Crippen molar-refractivity contribution < 1.29 is 4.74 Å². The Balaban J connectivity index is 2.09. The minimum absolute atomic E-state index is 0.616. The quantitative estimate of drug-likeness (QED) is 0.722. The van der Waals surface area contributed by atoms with E-state index in [4.69, 9.17) is 10.5 Å². The molecule has 0 aliphatic heterocycles. The first-order valence-electron chi connectivity index (χ1n) is 4.99. The largest absolute Gasteiger partial charge is 0.497 e. The molecule has 0 atom stereocenters. The van der Waals surface area contributed by atoms with E-state index in [1.807, 2.05) is 18.2 Å². The lowest BCUT2D eigenvalue weighted by atomic mass is 9.93. The number of benzene rings is 1. The average molecular weight is 192 g/mol. The molecule has 1 saturated carbocycles. The number of nitrogen functional groups attached to an aromatic ring is 1. The number of rotatable bonds is 3. The van der Waals surface area contributed by atoms with Gasteiger partial charge in [0.15, 0.2) is 0 Å². The normalized spacial score (nSPS) is 16.1. The third kappa shape index (κ3) is 1.76. The Kier molecular flexibility index (Phi) is 2.48. The van der Waals surface area contributed by atoms with Crippen molar-refractivity contribution >= 4 is 11.4 Å². The van der Waals surface area contributed by atoms with Gasteiger partial charge in [0, 0.05) is 12.1 Å². The molecule has 14 heavy (non-hydrogen) atoms. The van der Waals surface area contributed by atoms with Crippen molar-refractivity contribution in [2.45, 2.75) is 25.3 Å². The van der Waals surface area contributed by atoms with E-state index in [1.54, 1.807) is 7.11 Å². The van der Waals surface area contributed by atoms with Crippen LogP contribution in [0.2, 0.25) is 0 Å². The number of anilines is 2. The first-order valence-corrected chi connectivity index (χ1v) is 4.99. The molecule has 0 spiro atoms. The van der Waals surface area contributed by atoms with E-state index >= 15 is 0 Å². The highest BCUT2D eigenvalue weighted by molar-refractivity contribution is 5.68. The number of hydrogen-bond donors (Lipinski definition) is 2. The maximum atomic E-state index is 5.88. The van der Waals surface area contributed by atoms with Gasteiger partial charge in [0.2, 0.25) is 0 Å². The molecule has 0 amide bonds. The lowest BCUT2D eigenvalue weighted by molar-refractivity contribution is 0.415. The van der Waals surface area contributed by atoms with Crippen LogP contribution in [0, 0.1) is 0 Å². The van der Waals surface area contributed by atoms with Crippen LogP contribution >= 0.6 is 0 Å². The van der Waals surface area contributed by atoms with Crippen molar-refractivity contribution in [3.63, 3.8) is 0 Å². The van der Waals surface area contributed by atoms with Crippen molar-refractivity contribution in [1.29, 1.82) is 0 Å². The van der Waals surface area contributed by atoms with Crippen LogP contribution in [0.4, 0.5) is 11.4 Å². The maximum absolute atomic E-state index is 5.88. The van der Waals surface area contributed by atoms with Crippen LogP contribution < -0.4 is 15.8 Å². The minimum Gasteiger partial charge on any atom is -0.497 e. The van der Waals surface area contributed by atoms with Crippen molar-refractivity contribution in [2.75, 3.05) is 18.2 Å². The molecule has 1 aliphatic carbocycles. The Hall–Kier alpha value is -1.38. The summed E-state index contributed by atoms with van der Waals surface area (Å²) in [6.07, 6.45) is 3.84. The standard InChI is InChI=1S/C11H16N2O/c1-14-9-5-6-11(10(12)7-9)13-8-3-2-4-8/h5-8,13H,2-4,12H2,1H3. The summed E-state index contributed by atoms with van der Waals surface area (Å²) in [7, 11) is 1.65. The van der Waals surface area contributed by atoms with Crippen molar-refractivity contribution in [2.24, 2.45) is 0 Å². The second-order valence-corrected chi connectivity index (χ2v) is 3.73. The predicted octanol–water partition coefficient (Wildman–Crippen LogP) is 2.24. The number of methoxy groups -OCH3 is 1. The molecule has 1 fully saturated rings. The first-order chi connectivity index (χ1) is 6.79. The second-order valence-electron chi connectivity index (χ2n) is 3.73. The fraction of sp³-hybridized carbons (Fsp3) is 0.455. The minimum atomic E-state index is 0.616. The highest BCUT2D eigenvalue weighted by Crippen LogP contribution is 2.28. The third-order valence-corrected chi connectivity index (χ3v) is 2.72. The van der Waals surface area contributed by atoms with Crippen LogP contribution in [0.1, 0.15) is 19.3 Å². The van der Waals surface area contributed by atoms with Crippen LogP contribution in [0.3, 0.4) is 0 Å². The zero-order chi connectivity index (χ0) is 9.97. The number of nitrogens with one attached hydrogen (secondary N) is 1. The monoisotopic (exact) mass is 192 g/mol. The van der Waals surface area contributed by atoms with Crippen LogP contribution in [0.25, 0.3) is 0 Å². The van der Waals surface area contributed by atoms with Crippen LogP contribution in [0.15, 0.2) is 18.2 Å². The summed E-state index contributed by atoms with van der Waals surface area (Å²) in [5, 5.41) is 3.42. The van der Waals surface area contributed by atoms with E-state index in [0.29, 0.717) is 6.04 Å². The molecule has 0 aromatic heterocycles. The molecule has 1 aliphatic rings. The first kappa shape index (κ1) is 9.19. The molecule has 3 heteroatoms. The maximum Gasteiger partial charge on any atom is 0.121 e. The molecule has 2 rings (SSSR count). The molecule has 1 aromatic carbocycles. The Bertz CT molecular complexity index is 321. The van der Waals surface area contributed by atoms with Gasteiger partial charge in [-0.2, -0.15) is 0 Å². The Morgan fingerprint density at radius 1 is 1.43 bits per heavy atom. The predicted molar refractivity (Wildman–Crippen MR) is 58.7 cm³/mol. The van der Waals surface area contributed by atoms with E-state index in [9.17, 15) is 0 Å². The van der Waals surface area contributed by atoms with Crippen LogP contribution in [0.5, 0.6) is 5.75 Å². The Labute approximate surface area is 84.3 Å². The average Bonchev–Trinajstić information content (AvgIpc) is 2.13. The summed E-state index contributed by atoms with van der Waals surface area (Å²) in [4.78, 5) is 0. The lowest BCUT2D eigenvalue weighted by Crippen LogP contribution is -2.27. The topological polar surface area (TPSA) is 47.3 Å². The van der Waals surface area contributed by atoms with Gasteiger partial charge in [-0.15, -0.1) is 0 Å². The smallest absolute Gasteiger partial charge is 0.121 e. The molecule has 0 heterocycles. The van der Waals surface area contributed by atoms with Gasteiger partial charge in [0.25, 0.3) is 0 Å². The highest BCUT2D eigenvalue weighted by atomic mass is 16.5. The lowest BCUT2D eigenvalue weighted by Gasteiger charge is -2.28. The zero-order valence-corrected chi connectivity index (χ0v) is 8.42. The summed E-state index contributed by atoms with van der Waals surface area (Å²) < 4.78 is 5.09. The van der Waals surface area contributed by atoms with Gasteiger partial charge < -0.3 is 15.8 Å². The van der Waals surface area contributed by atoms with Gasteiger partial charge in [-0.1, -0.05) is 0 Å². The van der Waals surface area contributed by atoms with Gasteiger partial charge in [0.05, 0.1) is 18.5 Å². The molecule has 76 valence electrons. The Morgan fingerprint density at radius 3 is 2.71 bits per heavy atom. The molecule has 0 bridgehead atoms. The van der Waals surface area contributed by atoms with Crippen molar-refractivity contribution in [3.8, 4) is 5.75 Å². The van der Waals surface area contributed by atoms with E-state index in [2.05, 4.69) is 5.32 Å². The molecule has 0 saturated heterocycles. The zero-order valence-electron chi connectivity index (χ0n) is 8.42. The summed E-state index contributed by atoms with van der Waals surface area (Å²) in [5.74, 6) is 0.807. The molecule has 0 unspecified atom stereocenters. The van der Waals surface area contributed by atoms with E-state index in [1.165, 1.54) is 19.3 Å². The number of hydrogen-bond acceptors (Lipinski definition) is 3. The summed E-state index contributed by atoms with van der Waals surface area (Å²) >= 11 is 0. The number of nitrogens with two attached hydrogens (primary N) is 1. The van der Waals surface area contributed by atoms with Gasteiger partial charge in [-0.05, 0) is 31.4 Å². The van der Waals surface area contributed by atoms with Crippen LogP contribution in [-0.4, -0.2) is 13.2 Å². The van der Waals surface area contributed by atoms with Gasteiger partial charge >= 0.3 is 0 Å². The van der Waals surface area contributed by atoms with Crippen molar-refractivity contribution in [1.82, 2.24) is 0 Å². The summed E-state index contributed by atoms with van der Waals surface area (Å²) in [5.41, 5.74) is 7.67. The fourth-order valence-electron chi connectivity index (χ4n) is 1.57. The highest BCUT2D eigenvalue weighted by Gasteiger charge is 2.17. The molecule has 1 aromatic rings. The van der Waals surface area contributed by atoms with E-state index < -0.39 is 0 Å². The van der Waals surface area contributed by atoms with Crippen LogP contribution in [-0.2, 0) is 0 Å². The van der Waals surface area contributed by atoms with Gasteiger partial charge in [0.1, 0.15) is 5.75 Å². The molecular weight excluding hydrogens is 176 g/mol. The summed E-state index contributed by atoms with van der Waals surface area (Å²) in [6, 6.07) is 6.37. The van der Waals surface area contributed by atoms with Crippen molar-refractivity contribution in [3.05, 3.63) is 18.2 Å². The summed E-state index contributed by atoms with van der Waals surface area (Å²) in [6.45, 7) is 0. The van der Waals surface area contributed by atoms with Gasteiger partial charge in [-0.25, -0.2) is 0 Å².